The Kier molecular flexibility index (Phi) is 9.67. The van der Waals surface area contributed by atoms with Crippen LogP contribution in [-0.4, -0.2) is 62.3 Å². The van der Waals surface area contributed by atoms with Gasteiger partial charge in [-0.05, 0) is 44.2 Å². The third kappa shape index (κ3) is 6.78. The van der Waals surface area contributed by atoms with Crippen LogP contribution in [0.2, 0.25) is 0 Å². The number of hydrogen-bond donors (Lipinski definition) is 4. The van der Waals surface area contributed by atoms with E-state index in [1.54, 1.807) is 51.1 Å². The van der Waals surface area contributed by atoms with E-state index in [-0.39, 0.29) is 6.10 Å². The topological polar surface area (TPSA) is 161 Å². The number of aromatic amines is 1. The van der Waals surface area contributed by atoms with Crippen molar-refractivity contribution in [2.24, 2.45) is 0 Å². The Bertz CT molecular complexity index is 1330. The van der Waals surface area contributed by atoms with Gasteiger partial charge in [0.05, 0.1) is 12.7 Å². The van der Waals surface area contributed by atoms with Crippen LogP contribution in [0.15, 0.2) is 52.2 Å². The SMILES string of the molecule is C#C[C@]1(O)C(n2ccc(=O)[nH]c2=O)O[C@H](COP(=S)(NC(CC)C(=O)OC(C)C)Oc2ccccc2)[C@H]1O. The molecule has 0 bridgehead atoms. The van der Waals surface area contributed by atoms with E-state index in [1.807, 2.05) is 4.98 Å². The van der Waals surface area contributed by atoms with Crippen molar-refractivity contribution in [2.75, 3.05) is 6.61 Å². The van der Waals surface area contributed by atoms with Gasteiger partial charge < -0.3 is 28.7 Å². The van der Waals surface area contributed by atoms with Crippen LogP contribution in [0.25, 0.3) is 0 Å². The van der Waals surface area contributed by atoms with E-state index in [2.05, 4.69) is 11.0 Å². The molecule has 1 aliphatic rings. The predicted molar refractivity (Wildman–Crippen MR) is 141 cm³/mol. The van der Waals surface area contributed by atoms with Gasteiger partial charge in [-0.3, -0.25) is 19.1 Å². The van der Waals surface area contributed by atoms with Crippen molar-refractivity contribution in [3.8, 4) is 18.1 Å². The van der Waals surface area contributed by atoms with Crippen molar-refractivity contribution in [1.82, 2.24) is 14.6 Å². The molecule has 1 aliphatic heterocycles. The molecule has 38 heavy (non-hydrogen) atoms. The van der Waals surface area contributed by atoms with Gasteiger partial charge in [-0.2, -0.15) is 0 Å². The number of aliphatic hydroxyl groups is 2. The molecule has 2 aromatic rings. The molecule has 3 unspecified atom stereocenters. The molecule has 0 amide bonds. The van der Waals surface area contributed by atoms with Crippen molar-refractivity contribution in [3.63, 3.8) is 0 Å². The Labute approximate surface area is 224 Å². The maximum atomic E-state index is 12.6. The standard InChI is InChI=1S/C24H30N3O9PS/c1-5-17(21(30)34-15(3)4)26-37(38,36-16-10-8-7-9-11-16)33-14-18-20(29)24(32,6-2)22(35-18)27-13-12-19(28)25-23(27)31/h2,7-13,15,17-18,20,22,29,32H,5,14H2,1,3-4H3,(H,26,38)(H,25,28,31)/t17?,18-,20-,22?,24-,37?/m1/s1. The monoisotopic (exact) mass is 567 g/mol. The molecule has 1 saturated heterocycles. The summed E-state index contributed by atoms with van der Waals surface area (Å²) in [6.45, 7) is 1.24. The van der Waals surface area contributed by atoms with Gasteiger partial charge in [-0.15, -0.1) is 6.42 Å². The molecule has 6 atom stereocenters. The maximum Gasteiger partial charge on any atom is 0.330 e. The van der Waals surface area contributed by atoms with Crippen molar-refractivity contribution in [3.05, 3.63) is 63.4 Å². The molecular weight excluding hydrogens is 537 g/mol. The lowest BCUT2D eigenvalue weighted by molar-refractivity contribution is -0.149. The Morgan fingerprint density at radius 1 is 1.34 bits per heavy atom. The molecule has 4 N–H and O–H groups in total. The average Bonchev–Trinajstić information content (AvgIpc) is 3.12. The number of nitrogens with one attached hydrogen (secondary N) is 2. The number of H-pyrrole nitrogens is 1. The molecule has 206 valence electrons. The van der Waals surface area contributed by atoms with Crippen molar-refractivity contribution in [1.29, 1.82) is 0 Å². The summed E-state index contributed by atoms with van der Waals surface area (Å²) in [5.41, 5.74) is -3.92. The number of esters is 1. The first-order valence-corrected chi connectivity index (χ1v) is 14.4. The van der Waals surface area contributed by atoms with E-state index >= 15 is 0 Å². The summed E-state index contributed by atoms with van der Waals surface area (Å²) in [7, 11) is 0. The van der Waals surface area contributed by atoms with E-state index in [9.17, 15) is 24.6 Å². The number of nitrogens with zero attached hydrogens (tertiary/aromatic N) is 1. The zero-order valence-electron chi connectivity index (χ0n) is 21.0. The minimum atomic E-state index is -3.51. The van der Waals surface area contributed by atoms with Crippen LogP contribution in [-0.2, 0) is 30.6 Å². The third-order valence-corrected chi connectivity index (χ3v) is 7.98. The zero-order valence-corrected chi connectivity index (χ0v) is 22.7. The van der Waals surface area contributed by atoms with Gasteiger partial charge in [0.1, 0.15) is 24.0 Å². The number of aromatic nitrogens is 2. The first-order chi connectivity index (χ1) is 17.9. The number of benzene rings is 1. The van der Waals surface area contributed by atoms with Crippen LogP contribution in [0.5, 0.6) is 5.75 Å². The van der Waals surface area contributed by atoms with Crippen molar-refractivity contribution in [2.45, 2.75) is 63.4 Å². The molecule has 1 aromatic heterocycles. The highest BCUT2D eigenvalue weighted by Crippen LogP contribution is 2.47. The quantitative estimate of drug-likeness (QED) is 0.173. The minimum absolute atomic E-state index is 0.308. The first-order valence-electron chi connectivity index (χ1n) is 11.7. The van der Waals surface area contributed by atoms with Crippen LogP contribution in [0.1, 0.15) is 33.4 Å². The Morgan fingerprint density at radius 3 is 2.61 bits per heavy atom. The van der Waals surface area contributed by atoms with Crippen molar-refractivity contribution >= 4 is 24.4 Å². The Hall–Kier alpha value is -2.82. The normalized spacial score (nSPS) is 25.3. The fraction of sp³-hybridized carbons (Fsp3) is 0.458. The van der Waals surface area contributed by atoms with E-state index in [4.69, 9.17) is 36.8 Å². The molecule has 0 aliphatic carbocycles. The maximum absolute atomic E-state index is 12.6. The molecule has 14 heteroatoms. The zero-order chi connectivity index (χ0) is 28.1. The van der Waals surface area contributed by atoms with Crippen LogP contribution in [0.3, 0.4) is 0 Å². The molecule has 0 spiro atoms. The summed E-state index contributed by atoms with van der Waals surface area (Å²) in [6, 6.07) is 8.70. The fourth-order valence-electron chi connectivity index (χ4n) is 3.65. The highest BCUT2D eigenvalue weighted by molar-refractivity contribution is 8.09. The highest BCUT2D eigenvalue weighted by Gasteiger charge is 2.56. The van der Waals surface area contributed by atoms with Crippen LogP contribution >= 0.6 is 6.64 Å². The van der Waals surface area contributed by atoms with Gasteiger partial charge in [0.15, 0.2) is 11.8 Å². The Morgan fingerprint density at radius 2 is 2.03 bits per heavy atom. The van der Waals surface area contributed by atoms with Gasteiger partial charge in [-0.1, -0.05) is 31.0 Å². The minimum Gasteiger partial charge on any atom is -0.462 e. The third-order valence-electron chi connectivity index (χ3n) is 5.55. The van der Waals surface area contributed by atoms with E-state index in [0.717, 1.165) is 16.8 Å². The summed E-state index contributed by atoms with van der Waals surface area (Å²) in [4.78, 5) is 38.4. The second-order valence-electron chi connectivity index (χ2n) is 8.73. The Balaban J connectivity index is 1.86. The van der Waals surface area contributed by atoms with E-state index in [1.165, 1.54) is 0 Å². The molecule has 2 heterocycles. The predicted octanol–water partition coefficient (Wildman–Crippen LogP) is 0.799. The number of para-hydroxylation sites is 1. The summed E-state index contributed by atoms with van der Waals surface area (Å²) in [5, 5.41) is 24.8. The molecule has 3 rings (SSSR count). The smallest absolute Gasteiger partial charge is 0.330 e. The lowest BCUT2D eigenvalue weighted by Gasteiger charge is -2.29. The van der Waals surface area contributed by atoms with E-state index in [0.29, 0.717) is 12.2 Å². The molecule has 0 radical (unpaired) electrons. The fourth-order valence-corrected chi connectivity index (χ4v) is 6.06. The number of terminal acetylenes is 1. The first kappa shape index (κ1) is 29.7. The highest BCUT2D eigenvalue weighted by atomic mass is 32.5. The van der Waals surface area contributed by atoms with Gasteiger partial charge in [0.2, 0.25) is 0 Å². The molecule has 1 fully saturated rings. The number of carbonyl (C=O) groups excluding carboxylic acids is 1. The summed E-state index contributed by atoms with van der Waals surface area (Å²) in [6.07, 6.45) is 1.99. The van der Waals surface area contributed by atoms with Crippen LogP contribution in [0.4, 0.5) is 0 Å². The number of hydrogen-bond acceptors (Lipinski definition) is 10. The average molecular weight is 568 g/mol. The lowest BCUT2D eigenvalue weighted by Crippen LogP contribution is -2.48. The van der Waals surface area contributed by atoms with Crippen LogP contribution < -0.4 is 20.9 Å². The molecular formula is C24H30N3O9PS. The number of rotatable bonds is 11. The number of ether oxygens (including phenoxy) is 2. The second kappa shape index (κ2) is 12.4. The lowest BCUT2D eigenvalue weighted by atomic mass is 9.95. The largest absolute Gasteiger partial charge is 0.462 e. The van der Waals surface area contributed by atoms with E-state index < -0.39 is 60.5 Å². The number of aliphatic hydroxyl groups excluding tert-OH is 1. The van der Waals surface area contributed by atoms with Crippen molar-refractivity contribution < 1.29 is 33.5 Å². The van der Waals surface area contributed by atoms with Gasteiger partial charge >= 0.3 is 18.3 Å². The summed E-state index contributed by atoms with van der Waals surface area (Å²) in [5.74, 6) is 1.88. The summed E-state index contributed by atoms with van der Waals surface area (Å²) < 4.78 is 23.8. The van der Waals surface area contributed by atoms with Gasteiger partial charge in [0, 0.05) is 12.3 Å². The molecule has 12 nitrogen and oxygen atoms in total. The number of carbonyl (C=O) groups is 1. The molecule has 0 saturated carbocycles. The second-order valence-corrected chi connectivity index (χ2v) is 11.9. The summed E-state index contributed by atoms with van der Waals surface area (Å²) >= 11 is 5.69. The van der Waals surface area contributed by atoms with Gasteiger partial charge in [0.25, 0.3) is 5.56 Å². The van der Waals surface area contributed by atoms with Crippen LogP contribution in [0, 0.1) is 12.3 Å². The molecule has 1 aromatic carbocycles. The van der Waals surface area contributed by atoms with Gasteiger partial charge in [-0.25, -0.2) is 9.88 Å².